The Kier molecular flexibility index (Phi) is 10.4. The predicted molar refractivity (Wildman–Crippen MR) is 120 cm³/mol. The molecule has 1 saturated heterocycles. The van der Waals surface area contributed by atoms with Crippen molar-refractivity contribution in [3.05, 3.63) is 30.3 Å². The van der Waals surface area contributed by atoms with Crippen LogP contribution < -0.4 is 10.2 Å². The Morgan fingerprint density at radius 1 is 1.15 bits per heavy atom. The highest BCUT2D eigenvalue weighted by atomic mass is 127. The standard InChI is InChI=1S/C19H31N5O.HI/c1-4-20-19(24-15-13-23(14-16-24)17(2)25)21-11-8-12-22(3)18-9-6-5-7-10-18;/h5-7,9-10H,4,8,11-16H2,1-3H3,(H,20,21);1H. The number of para-hydroxylation sites is 1. The van der Waals surface area contributed by atoms with Crippen LogP contribution in [-0.2, 0) is 4.79 Å². The number of nitrogens with one attached hydrogen (secondary N) is 1. The highest BCUT2D eigenvalue weighted by Gasteiger charge is 2.20. The molecule has 1 fully saturated rings. The Morgan fingerprint density at radius 2 is 1.77 bits per heavy atom. The van der Waals surface area contributed by atoms with E-state index in [1.165, 1.54) is 5.69 Å². The van der Waals surface area contributed by atoms with Crippen molar-refractivity contribution in [1.29, 1.82) is 0 Å². The van der Waals surface area contributed by atoms with Gasteiger partial charge in [0.05, 0.1) is 0 Å². The third-order valence-electron chi connectivity index (χ3n) is 4.47. The number of aliphatic imine (C=N–C) groups is 1. The monoisotopic (exact) mass is 473 g/mol. The molecule has 0 aromatic heterocycles. The molecular weight excluding hydrogens is 441 g/mol. The maximum Gasteiger partial charge on any atom is 0.219 e. The minimum atomic E-state index is 0. The number of hydrogen-bond donors (Lipinski definition) is 1. The maximum absolute atomic E-state index is 11.4. The summed E-state index contributed by atoms with van der Waals surface area (Å²) in [5, 5.41) is 3.38. The molecule has 1 amide bonds. The third kappa shape index (κ3) is 7.01. The zero-order valence-corrected chi connectivity index (χ0v) is 18.5. The van der Waals surface area contributed by atoms with E-state index in [0.29, 0.717) is 0 Å². The predicted octanol–water partition coefficient (Wildman–Crippen LogP) is 2.26. The first-order valence-corrected chi connectivity index (χ1v) is 9.16. The summed E-state index contributed by atoms with van der Waals surface area (Å²) in [5.74, 6) is 1.12. The molecule has 146 valence electrons. The van der Waals surface area contributed by atoms with Gasteiger partial charge in [-0.15, -0.1) is 24.0 Å². The van der Waals surface area contributed by atoms with Gasteiger partial charge in [0, 0.05) is 65.5 Å². The largest absolute Gasteiger partial charge is 0.375 e. The van der Waals surface area contributed by atoms with Gasteiger partial charge in [0.15, 0.2) is 5.96 Å². The van der Waals surface area contributed by atoms with Crippen molar-refractivity contribution in [3.63, 3.8) is 0 Å². The van der Waals surface area contributed by atoms with E-state index in [9.17, 15) is 4.79 Å². The van der Waals surface area contributed by atoms with Gasteiger partial charge in [-0.1, -0.05) is 18.2 Å². The fourth-order valence-corrected chi connectivity index (χ4v) is 2.96. The van der Waals surface area contributed by atoms with E-state index in [1.54, 1.807) is 6.92 Å². The van der Waals surface area contributed by atoms with E-state index in [1.807, 2.05) is 11.0 Å². The van der Waals surface area contributed by atoms with Crippen LogP contribution >= 0.6 is 24.0 Å². The number of guanidine groups is 1. The number of carbonyl (C=O) groups excluding carboxylic acids is 1. The van der Waals surface area contributed by atoms with Crippen molar-refractivity contribution in [2.75, 3.05) is 57.8 Å². The van der Waals surface area contributed by atoms with Gasteiger partial charge in [-0.2, -0.15) is 0 Å². The average Bonchev–Trinajstić information content (AvgIpc) is 2.65. The summed E-state index contributed by atoms with van der Waals surface area (Å²) >= 11 is 0. The topological polar surface area (TPSA) is 51.2 Å². The van der Waals surface area contributed by atoms with Gasteiger partial charge in [-0.3, -0.25) is 9.79 Å². The summed E-state index contributed by atoms with van der Waals surface area (Å²) < 4.78 is 0. The quantitative estimate of drug-likeness (QED) is 0.298. The SMILES string of the molecule is CCNC(=NCCCN(C)c1ccccc1)N1CCN(C(C)=O)CC1.I. The van der Waals surface area contributed by atoms with Gasteiger partial charge in [-0.25, -0.2) is 0 Å². The Bertz CT molecular complexity index is 558. The molecule has 0 bridgehead atoms. The summed E-state index contributed by atoms with van der Waals surface area (Å²) in [4.78, 5) is 22.6. The van der Waals surface area contributed by atoms with Crippen molar-refractivity contribution < 1.29 is 4.79 Å². The van der Waals surface area contributed by atoms with Crippen LogP contribution in [0.15, 0.2) is 35.3 Å². The van der Waals surface area contributed by atoms with E-state index in [0.717, 1.165) is 58.2 Å². The molecule has 1 aromatic rings. The van der Waals surface area contributed by atoms with Crippen molar-refractivity contribution in [2.24, 2.45) is 4.99 Å². The van der Waals surface area contributed by atoms with Crippen LogP contribution in [-0.4, -0.2) is 74.5 Å². The molecular formula is C19H32IN5O. The van der Waals surface area contributed by atoms with Crippen LogP contribution in [0.25, 0.3) is 0 Å². The summed E-state index contributed by atoms with van der Waals surface area (Å²) in [7, 11) is 2.12. The van der Waals surface area contributed by atoms with Crippen molar-refractivity contribution in [2.45, 2.75) is 20.3 Å². The molecule has 1 aliphatic rings. The number of rotatable bonds is 6. The normalized spacial score (nSPS) is 14.7. The van der Waals surface area contributed by atoms with Crippen molar-refractivity contribution >= 4 is 41.5 Å². The van der Waals surface area contributed by atoms with Crippen LogP contribution in [0.4, 0.5) is 5.69 Å². The molecule has 0 unspecified atom stereocenters. The summed E-state index contributed by atoms with van der Waals surface area (Å²) in [5.41, 5.74) is 1.23. The van der Waals surface area contributed by atoms with Crippen LogP contribution in [0.3, 0.4) is 0 Å². The number of halogens is 1. The Hall–Kier alpha value is -1.51. The van der Waals surface area contributed by atoms with E-state index >= 15 is 0 Å². The lowest BCUT2D eigenvalue weighted by molar-refractivity contribution is -0.130. The molecule has 7 heteroatoms. The number of carbonyl (C=O) groups is 1. The number of piperazine rings is 1. The first-order chi connectivity index (χ1) is 12.1. The zero-order valence-electron chi connectivity index (χ0n) is 16.1. The molecule has 2 rings (SSSR count). The fourth-order valence-electron chi connectivity index (χ4n) is 2.96. The number of amides is 1. The molecule has 1 N–H and O–H groups in total. The molecule has 1 aromatic carbocycles. The second-order valence-electron chi connectivity index (χ2n) is 6.34. The Labute approximate surface area is 174 Å². The minimum absolute atomic E-state index is 0. The van der Waals surface area contributed by atoms with Gasteiger partial charge < -0.3 is 20.0 Å². The molecule has 1 aliphatic heterocycles. The minimum Gasteiger partial charge on any atom is -0.375 e. The number of benzene rings is 1. The van der Waals surface area contributed by atoms with Gasteiger partial charge in [0.25, 0.3) is 0 Å². The third-order valence-corrected chi connectivity index (χ3v) is 4.47. The molecule has 0 radical (unpaired) electrons. The average molecular weight is 473 g/mol. The van der Waals surface area contributed by atoms with Gasteiger partial charge in [0.1, 0.15) is 0 Å². The molecule has 0 atom stereocenters. The van der Waals surface area contributed by atoms with E-state index in [-0.39, 0.29) is 29.9 Å². The van der Waals surface area contributed by atoms with Gasteiger partial charge in [-0.05, 0) is 25.5 Å². The van der Waals surface area contributed by atoms with Crippen LogP contribution in [0.5, 0.6) is 0 Å². The maximum atomic E-state index is 11.4. The second-order valence-corrected chi connectivity index (χ2v) is 6.34. The van der Waals surface area contributed by atoms with E-state index in [2.05, 4.69) is 53.4 Å². The van der Waals surface area contributed by atoms with E-state index in [4.69, 9.17) is 4.99 Å². The van der Waals surface area contributed by atoms with Crippen LogP contribution in [0, 0.1) is 0 Å². The first-order valence-electron chi connectivity index (χ1n) is 9.16. The van der Waals surface area contributed by atoms with Gasteiger partial charge in [0.2, 0.25) is 5.91 Å². The molecule has 6 nitrogen and oxygen atoms in total. The first kappa shape index (κ1) is 22.5. The smallest absolute Gasteiger partial charge is 0.219 e. The zero-order chi connectivity index (χ0) is 18.1. The van der Waals surface area contributed by atoms with E-state index < -0.39 is 0 Å². The lowest BCUT2D eigenvalue weighted by atomic mass is 10.3. The Balaban J connectivity index is 0.00000338. The lowest BCUT2D eigenvalue weighted by Crippen LogP contribution is -2.53. The van der Waals surface area contributed by atoms with Crippen LogP contribution in [0.2, 0.25) is 0 Å². The Morgan fingerprint density at radius 3 is 2.35 bits per heavy atom. The summed E-state index contributed by atoms with van der Waals surface area (Å²) in [6.07, 6.45) is 1.01. The molecule has 0 spiro atoms. The molecule has 0 saturated carbocycles. The number of anilines is 1. The molecule has 0 aliphatic carbocycles. The highest BCUT2D eigenvalue weighted by Crippen LogP contribution is 2.11. The van der Waals surface area contributed by atoms with Gasteiger partial charge >= 0.3 is 0 Å². The molecule has 1 heterocycles. The molecule has 26 heavy (non-hydrogen) atoms. The van der Waals surface area contributed by atoms with Crippen LogP contribution in [0.1, 0.15) is 20.3 Å². The lowest BCUT2D eigenvalue weighted by Gasteiger charge is -2.36. The summed E-state index contributed by atoms with van der Waals surface area (Å²) in [6.45, 7) is 9.59. The number of nitrogens with zero attached hydrogens (tertiary/aromatic N) is 4. The number of hydrogen-bond acceptors (Lipinski definition) is 3. The van der Waals surface area contributed by atoms with Crippen molar-refractivity contribution in [3.8, 4) is 0 Å². The second kappa shape index (κ2) is 12.0. The highest BCUT2D eigenvalue weighted by molar-refractivity contribution is 14.0. The van der Waals surface area contributed by atoms with Crippen molar-refractivity contribution in [1.82, 2.24) is 15.1 Å². The fraction of sp³-hybridized carbons (Fsp3) is 0.579. The summed E-state index contributed by atoms with van der Waals surface area (Å²) in [6, 6.07) is 10.4.